The normalized spacial score (nSPS) is 18.0. The van der Waals surface area contributed by atoms with Gasteiger partial charge in [0.2, 0.25) is 0 Å². The van der Waals surface area contributed by atoms with Crippen LogP contribution in [0.15, 0.2) is 17.0 Å². The Morgan fingerprint density at radius 2 is 2.19 bits per heavy atom. The van der Waals surface area contributed by atoms with E-state index in [-0.39, 0.29) is 6.04 Å². The van der Waals surface area contributed by atoms with Crippen LogP contribution in [0.3, 0.4) is 0 Å². The molecule has 1 N–H and O–H groups in total. The van der Waals surface area contributed by atoms with Crippen molar-refractivity contribution in [1.82, 2.24) is 29.9 Å². The van der Waals surface area contributed by atoms with Crippen LogP contribution in [-0.4, -0.2) is 50.8 Å². The van der Waals surface area contributed by atoms with Gasteiger partial charge in [-0.05, 0) is 6.42 Å². The fourth-order valence-corrected chi connectivity index (χ4v) is 2.74. The predicted octanol–water partition coefficient (Wildman–Crippen LogP) is 1.22. The molecule has 3 heterocycles. The summed E-state index contributed by atoms with van der Waals surface area (Å²) in [7, 11) is 1.92. The van der Waals surface area contributed by atoms with Crippen LogP contribution in [0.25, 0.3) is 11.6 Å². The fourth-order valence-electron chi connectivity index (χ4n) is 2.74. The van der Waals surface area contributed by atoms with Crippen molar-refractivity contribution in [3.63, 3.8) is 0 Å². The first kappa shape index (κ1) is 14.2. The first-order valence-corrected chi connectivity index (χ1v) is 7.54. The van der Waals surface area contributed by atoms with E-state index in [1.165, 1.54) is 0 Å². The monoisotopic (exact) mass is 290 g/mol. The van der Waals surface area contributed by atoms with E-state index in [0.29, 0.717) is 5.89 Å². The maximum Gasteiger partial charge on any atom is 0.278 e. The van der Waals surface area contributed by atoms with Crippen LogP contribution in [0.2, 0.25) is 0 Å². The molecule has 7 nitrogen and oxygen atoms in total. The molecule has 0 aliphatic carbocycles. The Labute approximate surface area is 124 Å². The summed E-state index contributed by atoms with van der Waals surface area (Å²) in [6.07, 6.45) is 5.76. The minimum absolute atomic E-state index is 0.235. The zero-order valence-electron chi connectivity index (χ0n) is 12.6. The van der Waals surface area contributed by atoms with Gasteiger partial charge >= 0.3 is 0 Å². The van der Waals surface area contributed by atoms with Crippen molar-refractivity contribution >= 4 is 0 Å². The summed E-state index contributed by atoms with van der Waals surface area (Å²) in [4.78, 5) is 11.3. The Kier molecular flexibility index (Phi) is 4.31. The molecule has 3 rings (SSSR count). The number of piperazine rings is 1. The van der Waals surface area contributed by atoms with Crippen molar-refractivity contribution in [2.45, 2.75) is 25.8 Å². The minimum Gasteiger partial charge on any atom is -0.340 e. The average molecular weight is 290 g/mol. The Morgan fingerprint density at radius 3 is 2.86 bits per heavy atom. The lowest BCUT2D eigenvalue weighted by Gasteiger charge is -2.32. The molecule has 114 valence electrons. The number of imidazole rings is 1. The molecular weight excluding hydrogens is 268 g/mol. The highest BCUT2D eigenvalue weighted by molar-refractivity contribution is 5.44. The highest BCUT2D eigenvalue weighted by atomic mass is 16.5. The first-order valence-electron chi connectivity index (χ1n) is 7.54. The largest absolute Gasteiger partial charge is 0.340 e. The van der Waals surface area contributed by atoms with E-state index in [4.69, 9.17) is 4.52 Å². The van der Waals surface area contributed by atoms with Crippen LogP contribution in [0.4, 0.5) is 0 Å². The topological polar surface area (TPSA) is 72.0 Å². The molecule has 1 aliphatic rings. The van der Waals surface area contributed by atoms with Gasteiger partial charge < -0.3 is 14.4 Å². The van der Waals surface area contributed by atoms with Gasteiger partial charge in [0, 0.05) is 39.4 Å². The maximum atomic E-state index is 5.40. The van der Waals surface area contributed by atoms with Gasteiger partial charge in [0.25, 0.3) is 5.89 Å². The minimum atomic E-state index is 0.235. The molecule has 0 radical (unpaired) electrons. The molecule has 0 amide bonds. The van der Waals surface area contributed by atoms with Crippen molar-refractivity contribution < 1.29 is 4.52 Å². The summed E-state index contributed by atoms with van der Waals surface area (Å²) in [5.41, 5.74) is 0.729. The molecule has 7 heteroatoms. The van der Waals surface area contributed by atoms with E-state index in [9.17, 15) is 0 Å². The molecule has 0 aromatic carbocycles. The quantitative estimate of drug-likeness (QED) is 0.892. The third-order valence-electron chi connectivity index (χ3n) is 3.82. The Morgan fingerprint density at radius 1 is 1.38 bits per heavy atom. The second-order valence-corrected chi connectivity index (χ2v) is 5.47. The summed E-state index contributed by atoms with van der Waals surface area (Å²) in [6.45, 7) is 6.28. The molecular formula is C14H22N6O. The number of nitrogens with one attached hydrogen (secondary N) is 1. The zero-order chi connectivity index (χ0) is 14.7. The molecule has 1 saturated heterocycles. The highest BCUT2D eigenvalue weighted by Gasteiger charge is 2.26. The van der Waals surface area contributed by atoms with Gasteiger partial charge in [-0.25, -0.2) is 4.98 Å². The predicted molar refractivity (Wildman–Crippen MR) is 78.6 cm³/mol. The van der Waals surface area contributed by atoms with Gasteiger partial charge in [-0.3, -0.25) is 4.90 Å². The molecule has 1 atom stereocenters. The molecule has 1 fully saturated rings. The van der Waals surface area contributed by atoms with Gasteiger partial charge in [-0.15, -0.1) is 0 Å². The van der Waals surface area contributed by atoms with Crippen LogP contribution in [0, 0.1) is 0 Å². The van der Waals surface area contributed by atoms with Crippen molar-refractivity contribution in [1.29, 1.82) is 0 Å². The summed E-state index contributed by atoms with van der Waals surface area (Å²) in [6, 6.07) is 0.235. The average Bonchev–Trinajstić information content (AvgIpc) is 3.14. The number of rotatable bonds is 5. The smallest absolute Gasteiger partial charge is 0.278 e. The Hall–Kier alpha value is -1.73. The molecule has 21 heavy (non-hydrogen) atoms. The number of aryl methyl sites for hydroxylation is 1. The number of hydrogen-bond donors (Lipinski definition) is 1. The van der Waals surface area contributed by atoms with Crippen LogP contribution in [0.5, 0.6) is 0 Å². The lowest BCUT2D eigenvalue weighted by Crippen LogP contribution is -2.45. The van der Waals surface area contributed by atoms with E-state index in [1.54, 1.807) is 6.33 Å². The van der Waals surface area contributed by atoms with Gasteiger partial charge in [-0.2, -0.15) is 4.98 Å². The Balaban J connectivity index is 1.81. The van der Waals surface area contributed by atoms with E-state index < -0.39 is 0 Å². The van der Waals surface area contributed by atoms with Gasteiger partial charge in [0.15, 0.2) is 5.82 Å². The van der Waals surface area contributed by atoms with E-state index in [1.807, 2.05) is 17.8 Å². The summed E-state index contributed by atoms with van der Waals surface area (Å²) < 4.78 is 7.28. The van der Waals surface area contributed by atoms with Gasteiger partial charge in [-0.1, -0.05) is 18.5 Å². The van der Waals surface area contributed by atoms with Crippen LogP contribution >= 0.6 is 0 Å². The molecule has 0 bridgehead atoms. The zero-order valence-corrected chi connectivity index (χ0v) is 12.6. The lowest BCUT2D eigenvalue weighted by molar-refractivity contribution is 0.155. The lowest BCUT2D eigenvalue weighted by atomic mass is 10.1. The SMILES string of the molecule is CCCC(c1noc(-c2cn(C)cn2)n1)N1CCNCC1. The van der Waals surface area contributed by atoms with Crippen LogP contribution < -0.4 is 5.32 Å². The van der Waals surface area contributed by atoms with E-state index in [0.717, 1.165) is 50.5 Å². The van der Waals surface area contributed by atoms with Crippen molar-refractivity contribution in [3.8, 4) is 11.6 Å². The molecule has 0 spiro atoms. The second kappa shape index (κ2) is 6.36. The van der Waals surface area contributed by atoms with Crippen molar-refractivity contribution in [3.05, 3.63) is 18.3 Å². The summed E-state index contributed by atoms with van der Waals surface area (Å²) in [5.74, 6) is 1.28. The standard InChI is InChI=1S/C14H22N6O/c1-3-4-12(20-7-5-15-6-8-20)13-17-14(21-18-13)11-9-19(2)10-16-11/h9-10,12,15H,3-8H2,1-2H3. The molecule has 1 aliphatic heterocycles. The molecule has 2 aromatic rings. The third-order valence-corrected chi connectivity index (χ3v) is 3.82. The first-order chi connectivity index (χ1) is 10.3. The second-order valence-electron chi connectivity index (χ2n) is 5.47. The summed E-state index contributed by atoms with van der Waals surface area (Å²) in [5, 5.41) is 7.58. The van der Waals surface area contributed by atoms with Crippen LogP contribution in [0.1, 0.15) is 31.6 Å². The van der Waals surface area contributed by atoms with E-state index >= 15 is 0 Å². The Bertz CT molecular complexity index is 572. The van der Waals surface area contributed by atoms with Gasteiger partial charge in [0.05, 0.1) is 12.4 Å². The third kappa shape index (κ3) is 3.14. The maximum absolute atomic E-state index is 5.40. The number of nitrogens with zero attached hydrogens (tertiary/aromatic N) is 5. The van der Waals surface area contributed by atoms with Crippen molar-refractivity contribution in [2.24, 2.45) is 7.05 Å². The number of hydrogen-bond acceptors (Lipinski definition) is 6. The summed E-state index contributed by atoms with van der Waals surface area (Å²) >= 11 is 0. The van der Waals surface area contributed by atoms with E-state index in [2.05, 4.69) is 32.3 Å². The van der Waals surface area contributed by atoms with Crippen molar-refractivity contribution in [2.75, 3.05) is 26.2 Å². The van der Waals surface area contributed by atoms with Gasteiger partial charge in [0.1, 0.15) is 5.69 Å². The highest BCUT2D eigenvalue weighted by Crippen LogP contribution is 2.25. The fraction of sp³-hybridized carbons (Fsp3) is 0.643. The van der Waals surface area contributed by atoms with Crippen LogP contribution in [-0.2, 0) is 7.05 Å². The molecule has 1 unspecified atom stereocenters. The molecule has 2 aromatic heterocycles. The number of aromatic nitrogens is 4. The molecule has 0 saturated carbocycles.